The Morgan fingerprint density at radius 1 is 1.33 bits per heavy atom. The molecule has 10 heteroatoms. The van der Waals surface area contributed by atoms with E-state index >= 15 is 0 Å². The number of rotatable bonds is 7. The van der Waals surface area contributed by atoms with E-state index in [4.69, 9.17) is 9.84 Å². The molecule has 160 valence electrons. The SMILES string of the molecule is Cc1cc(CN2Cc3c(ccnc3C(=O)NCCO)C2=O)ccc1OCC(F)(F)F. The first kappa shape index (κ1) is 21.6. The van der Waals surface area contributed by atoms with Crippen LogP contribution in [0.4, 0.5) is 13.2 Å². The molecular formula is C20H20F3N3O4. The van der Waals surface area contributed by atoms with Crippen molar-refractivity contribution in [2.75, 3.05) is 19.8 Å². The van der Waals surface area contributed by atoms with Gasteiger partial charge in [0.05, 0.1) is 6.61 Å². The van der Waals surface area contributed by atoms with Gasteiger partial charge in [-0.15, -0.1) is 0 Å². The normalized spacial score (nSPS) is 13.4. The van der Waals surface area contributed by atoms with Crippen LogP contribution in [0.25, 0.3) is 0 Å². The van der Waals surface area contributed by atoms with Crippen LogP contribution >= 0.6 is 0 Å². The zero-order chi connectivity index (χ0) is 21.9. The minimum atomic E-state index is -4.42. The van der Waals surface area contributed by atoms with E-state index in [2.05, 4.69) is 10.3 Å². The fourth-order valence-corrected chi connectivity index (χ4v) is 3.21. The van der Waals surface area contributed by atoms with Crippen molar-refractivity contribution >= 4 is 11.8 Å². The number of aliphatic hydroxyl groups is 1. The van der Waals surface area contributed by atoms with Crippen LogP contribution in [-0.4, -0.2) is 52.7 Å². The van der Waals surface area contributed by atoms with Crippen molar-refractivity contribution in [3.8, 4) is 5.75 Å². The first-order valence-electron chi connectivity index (χ1n) is 9.15. The fourth-order valence-electron chi connectivity index (χ4n) is 3.21. The molecule has 2 heterocycles. The molecule has 2 N–H and O–H groups in total. The molecular weight excluding hydrogens is 403 g/mol. The number of hydrogen-bond donors (Lipinski definition) is 2. The van der Waals surface area contributed by atoms with Crippen molar-refractivity contribution in [2.24, 2.45) is 0 Å². The minimum absolute atomic E-state index is 0.0733. The monoisotopic (exact) mass is 423 g/mol. The lowest BCUT2D eigenvalue weighted by molar-refractivity contribution is -0.153. The summed E-state index contributed by atoms with van der Waals surface area (Å²) >= 11 is 0. The summed E-state index contributed by atoms with van der Waals surface area (Å²) in [6.07, 6.45) is -3.04. The van der Waals surface area contributed by atoms with E-state index in [1.807, 2.05) is 0 Å². The third kappa shape index (κ3) is 4.88. The molecule has 0 fully saturated rings. The number of halogens is 3. The van der Waals surface area contributed by atoms with Gasteiger partial charge in [0.1, 0.15) is 11.4 Å². The molecule has 1 aromatic carbocycles. The van der Waals surface area contributed by atoms with Crippen LogP contribution in [-0.2, 0) is 13.1 Å². The van der Waals surface area contributed by atoms with Crippen molar-refractivity contribution < 1.29 is 32.6 Å². The van der Waals surface area contributed by atoms with Gasteiger partial charge in [-0.3, -0.25) is 14.6 Å². The van der Waals surface area contributed by atoms with Gasteiger partial charge in [0.25, 0.3) is 11.8 Å². The molecule has 0 bridgehead atoms. The Kier molecular flexibility index (Phi) is 6.25. The number of nitrogens with one attached hydrogen (secondary N) is 1. The van der Waals surface area contributed by atoms with Gasteiger partial charge < -0.3 is 20.1 Å². The van der Waals surface area contributed by atoms with Crippen LogP contribution < -0.4 is 10.1 Å². The van der Waals surface area contributed by atoms with Gasteiger partial charge in [-0.2, -0.15) is 13.2 Å². The van der Waals surface area contributed by atoms with Crippen molar-refractivity contribution in [2.45, 2.75) is 26.2 Å². The maximum Gasteiger partial charge on any atom is 0.422 e. The number of fused-ring (bicyclic) bond motifs is 1. The van der Waals surface area contributed by atoms with E-state index in [9.17, 15) is 22.8 Å². The summed E-state index contributed by atoms with van der Waals surface area (Å²) < 4.78 is 41.8. The predicted octanol–water partition coefficient (Wildman–Crippen LogP) is 2.21. The van der Waals surface area contributed by atoms with Gasteiger partial charge in [0.15, 0.2) is 6.61 Å². The predicted molar refractivity (Wildman–Crippen MR) is 100.0 cm³/mol. The number of aliphatic hydroxyl groups excluding tert-OH is 1. The molecule has 2 amide bonds. The number of amides is 2. The molecule has 0 radical (unpaired) electrons. The van der Waals surface area contributed by atoms with E-state index < -0.39 is 18.7 Å². The van der Waals surface area contributed by atoms with Crippen molar-refractivity contribution in [1.29, 1.82) is 0 Å². The number of benzene rings is 1. The number of aryl methyl sites for hydroxylation is 1. The molecule has 0 spiro atoms. The summed E-state index contributed by atoms with van der Waals surface area (Å²) in [5.74, 6) is -0.615. The first-order chi connectivity index (χ1) is 14.2. The Hall–Kier alpha value is -3.14. The smallest absolute Gasteiger partial charge is 0.422 e. The van der Waals surface area contributed by atoms with E-state index in [-0.39, 0.29) is 43.6 Å². The molecule has 1 aromatic heterocycles. The van der Waals surface area contributed by atoms with Crippen molar-refractivity contribution in [1.82, 2.24) is 15.2 Å². The second-order valence-electron chi connectivity index (χ2n) is 6.83. The lowest BCUT2D eigenvalue weighted by atomic mass is 10.1. The van der Waals surface area contributed by atoms with E-state index in [0.717, 1.165) is 0 Å². The molecule has 2 aromatic rings. The van der Waals surface area contributed by atoms with Gasteiger partial charge in [0.2, 0.25) is 0 Å². The lowest BCUT2D eigenvalue weighted by Gasteiger charge is -2.17. The summed E-state index contributed by atoms with van der Waals surface area (Å²) in [4.78, 5) is 30.6. The second-order valence-corrected chi connectivity index (χ2v) is 6.83. The van der Waals surface area contributed by atoms with Crippen LogP contribution in [0.1, 0.15) is 37.5 Å². The molecule has 3 rings (SSSR count). The Morgan fingerprint density at radius 2 is 2.10 bits per heavy atom. The van der Waals surface area contributed by atoms with Crippen molar-refractivity contribution in [3.63, 3.8) is 0 Å². The fraction of sp³-hybridized carbons (Fsp3) is 0.350. The third-order valence-electron chi connectivity index (χ3n) is 4.54. The summed E-state index contributed by atoms with van der Waals surface area (Å²) in [6.45, 7) is 0.503. The van der Waals surface area contributed by atoms with Crippen molar-refractivity contribution in [3.05, 3.63) is 58.4 Å². The molecule has 0 unspecified atom stereocenters. The number of aromatic nitrogens is 1. The van der Waals surface area contributed by atoms with Gasteiger partial charge in [-0.05, 0) is 30.2 Å². The van der Waals surface area contributed by atoms with E-state index in [1.54, 1.807) is 25.1 Å². The van der Waals surface area contributed by atoms with Gasteiger partial charge >= 0.3 is 6.18 Å². The molecule has 7 nitrogen and oxygen atoms in total. The number of nitrogens with zero attached hydrogens (tertiary/aromatic N) is 2. The minimum Gasteiger partial charge on any atom is -0.484 e. The van der Waals surface area contributed by atoms with E-state index in [1.165, 1.54) is 17.2 Å². The average molecular weight is 423 g/mol. The van der Waals surface area contributed by atoms with Crippen LogP contribution in [0.15, 0.2) is 30.5 Å². The maximum absolute atomic E-state index is 12.7. The first-order valence-corrected chi connectivity index (χ1v) is 9.15. The summed E-state index contributed by atoms with van der Waals surface area (Å²) in [7, 11) is 0. The van der Waals surface area contributed by atoms with E-state index in [0.29, 0.717) is 22.3 Å². The van der Waals surface area contributed by atoms with Crippen LogP contribution in [0.3, 0.4) is 0 Å². The molecule has 1 aliphatic heterocycles. The highest BCUT2D eigenvalue weighted by atomic mass is 19.4. The average Bonchev–Trinajstić information content (AvgIpc) is 3.00. The topological polar surface area (TPSA) is 91.8 Å². The Morgan fingerprint density at radius 3 is 2.77 bits per heavy atom. The second kappa shape index (κ2) is 8.70. The number of carbonyl (C=O) groups excluding carboxylic acids is 2. The number of hydrogen-bond acceptors (Lipinski definition) is 5. The maximum atomic E-state index is 12.7. The molecule has 0 saturated heterocycles. The number of pyridine rings is 1. The van der Waals surface area contributed by atoms with Gasteiger partial charge in [0, 0.05) is 37.0 Å². The standard InChI is InChI=1S/C20H20F3N3O4/c1-12-8-13(2-3-16(12)30-11-20(21,22)23)9-26-10-15-14(19(26)29)4-5-24-17(15)18(28)25-6-7-27/h2-5,8,27H,6-7,9-11H2,1H3,(H,25,28). The molecule has 1 aliphatic rings. The molecule has 0 atom stereocenters. The van der Waals surface area contributed by atoms with Crippen LogP contribution in [0, 0.1) is 6.92 Å². The highest BCUT2D eigenvalue weighted by Gasteiger charge is 2.32. The summed E-state index contributed by atoms with van der Waals surface area (Å²) in [5, 5.41) is 11.4. The van der Waals surface area contributed by atoms with Gasteiger partial charge in [-0.25, -0.2) is 0 Å². The van der Waals surface area contributed by atoms with Gasteiger partial charge in [-0.1, -0.05) is 12.1 Å². The zero-order valence-electron chi connectivity index (χ0n) is 16.1. The Labute approximate surface area is 170 Å². The third-order valence-corrected chi connectivity index (χ3v) is 4.54. The Balaban J connectivity index is 1.73. The molecule has 0 saturated carbocycles. The quantitative estimate of drug-likeness (QED) is 0.713. The molecule has 0 aliphatic carbocycles. The number of ether oxygens (including phenoxy) is 1. The zero-order valence-corrected chi connectivity index (χ0v) is 16.1. The Bertz CT molecular complexity index is 963. The number of alkyl halides is 3. The highest BCUT2D eigenvalue weighted by molar-refractivity contribution is 6.03. The largest absolute Gasteiger partial charge is 0.484 e. The summed E-state index contributed by atoms with van der Waals surface area (Å²) in [5.41, 5.74) is 2.24. The van der Waals surface area contributed by atoms with Crippen LogP contribution in [0.5, 0.6) is 5.75 Å². The molecule has 30 heavy (non-hydrogen) atoms. The number of carbonyl (C=O) groups is 2. The lowest BCUT2D eigenvalue weighted by Crippen LogP contribution is -2.28. The highest BCUT2D eigenvalue weighted by Crippen LogP contribution is 2.28. The van der Waals surface area contributed by atoms with Crippen LogP contribution in [0.2, 0.25) is 0 Å². The summed E-state index contributed by atoms with van der Waals surface area (Å²) in [6, 6.07) is 6.25.